The fourth-order valence-electron chi connectivity index (χ4n) is 2.49. The summed E-state index contributed by atoms with van der Waals surface area (Å²) in [6.45, 7) is -0.458. The average molecular weight is 434 g/mol. The predicted molar refractivity (Wildman–Crippen MR) is 107 cm³/mol. The molecule has 0 atom stereocenters. The van der Waals surface area contributed by atoms with Crippen LogP contribution < -0.4 is 9.64 Å². The summed E-state index contributed by atoms with van der Waals surface area (Å²) in [4.78, 5) is 34.3. The number of amides is 1. The van der Waals surface area contributed by atoms with Gasteiger partial charge in [-0.15, -0.1) is 0 Å². The molecule has 0 N–H and O–H groups in total. The molecular weight excluding hydrogens is 420 g/mol. The molecule has 29 heavy (non-hydrogen) atoms. The molecule has 0 spiro atoms. The van der Waals surface area contributed by atoms with Crippen molar-refractivity contribution in [3.8, 4) is 6.01 Å². The predicted octanol–water partition coefficient (Wildman–Crippen LogP) is 4.46. The van der Waals surface area contributed by atoms with Gasteiger partial charge >= 0.3 is 6.01 Å². The van der Waals surface area contributed by atoms with E-state index in [1.54, 1.807) is 12.1 Å². The first-order valence-electron chi connectivity index (χ1n) is 8.31. The molecule has 0 aliphatic carbocycles. The van der Waals surface area contributed by atoms with Crippen molar-refractivity contribution in [1.29, 1.82) is 0 Å². The van der Waals surface area contributed by atoms with Crippen molar-refractivity contribution in [1.82, 2.24) is 9.97 Å². The highest BCUT2D eigenvalue weighted by atomic mass is 35.5. The van der Waals surface area contributed by atoms with Crippen LogP contribution in [0.3, 0.4) is 0 Å². The Morgan fingerprint density at radius 2 is 1.55 bits per heavy atom. The second kappa shape index (κ2) is 8.98. The van der Waals surface area contributed by atoms with Gasteiger partial charge in [-0.2, -0.15) is 4.98 Å². The molecule has 1 aromatic heterocycles. The van der Waals surface area contributed by atoms with Gasteiger partial charge in [-0.05, 0) is 48.5 Å². The van der Waals surface area contributed by atoms with E-state index in [0.717, 1.165) is 11.1 Å². The van der Waals surface area contributed by atoms with Crippen molar-refractivity contribution in [2.45, 2.75) is 0 Å². The first-order chi connectivity index (χ1) is 13.9. The molecular formula is C20H14Cl2FN3O3. The van der Waals surface area contributed by atoms with Crippen LogP contribution >= 0.6 is 23.2 Å². The first-order valence-corrected chi connectivity index (χ1v) is 9.07. The van der Waals surface area contributed by atoms with Crippen molar-refractivity contribution < 1.29 is 18.7 Å². The van der Waals surface area contributed by atoms with Gasteiger partial charge in [0.25, 0.3) is 5.91 Å². The molecule has 0 fully saturated rings. The SMILES string of the molecule is COc1ncc(F)c(N(CC(=O)c2ccc(Cl)cc2)C(=O)c2ccc(Cl)cc2)n1. The minimum absolute atomic E-state index is 0.144. The van der Waals surface area contributed by atoms with Gasteiger partial charge in [-0.1, -0.05) is 23.2 Å². The van der Waals surface area contributed by atoms with Crippen molar-refractivity contribution >= 4 is 40.7 Å². The molecule has 3 rings (SSSR count). The minimum Gasteiger partial charge on any atom is -0.467 e. The minimum atomic E-state index is -0.878. The molecule has 3 aromatic rings. The fraction of sp³-hybridized carbons (Fsp3) is 0.100. The van der Waals surface area contributed by atoms with Crippen LogP contribution in [0.4, 0.5) is 10.2 Å². The van der Waals surface area contributed by atoms with Gasteiger partial charge in [-0.25, -0.2) is 9.37 Å². The van der Waals surface area contributed by atoms with Crippen molar-refractivity contribution in [3.05, 3.63) is 81.7 Å². The molecule has 0 aliphatic heterocycles. The number of ether oxygens (including phenoxy) is 1. The van der Waals surface area contributed by atoms with E-state index < -0.39 is 24.1 Å². The Morgan fingerprint density at radius 3 is 2.10 bits per heavy atom. The average Bonchev–Trinajstić information content (AvgIpc) is 2.73. The Labute approximate surface area is 175 Å². The smallest absolute Gasteiger partial charge is 0.318 e. The number of anilines is 1. The highest BCUT2D eigenvalue weighted by Crippen LogP contribution is 2.22. The number of hydrogen-bond donors (Lipinski definition) is 0. The van der Waals surface area contributed by atoms with Crippen LogP contribution in [0.2, 0.25) is 10.0 Å². The van der Waals surface area contributed by atoms with Crippen LogP contribution in [0.1, 0.15) is 20.7 Å². The Hall–Kier alpha value is -3.03. The van der Waals surface area contributed by atoms with E-state index in [4.69, 9.17) is 27.9 Å². The quantitative estimate of drug-likeness (QED) is 0.536. The lowest BCUT2D eigenvalue weighted by molar-refractivity contribution is 0.0935. The van der Waals surface area contributed by atoms with E-state index in [9.17, 15) is 14.0 Å². The van der Waals surface area contributed by atoms with Crippen LogP contribution in [0, 0.1) is 5.82 Å². The number of methoxy groups -OCH3 is 1. The van der Waals surface area contributed by atoms with Gasteiger partial charge in [0.05, 0.1) is 19.9 Å². The summed E-state index contributed by atoms with van der Waals surface area (Å²) < 4.78 is 19.4. The number of ketones is 1. The number of carbonyl (C=O) groups is 2. The number of benzene rings is 2. The van der Waals surface area contributed by atoms with Crippen LogP contribution in [0.5, 0.6) is 6.01 Å². The maximum absolute atomic E-state index is 14.5. The van der Waals surface area contributed by atoms with Gasteiger partial charge in [0, 0.05) is 21.2 Å². The summed E-state index contributed by atoms with van der Waals surface area (Å²) in [6.07, 6.45) is 0.871. The van der Waals surface area contributed by atoms with Gasteiger partial charge in [0.2, 0.25) is 0 Å². The summed E-state index contributed by atoms with van der Waals surface area (Å²) >= 11 is 11.7. The molecule has 148 valence electrons. The molecule has 6 nitrogen and oxygen atoms in total. The third-order valence-corrected chi connectivity index (χ3v) is 4.45. The monoisotopic (exact) mass is 433 g/mol. The molecule has 2 aromatic carbocycles. The summed E-state index contributed by atoms with van der Waals surface area (Å²) in [6, 6.07) is 12.0. The van der Waals surface area contributed by atoms with E-state index >= 15 is 0 Å². The van der Waals surface area contributed by atoms with E-state index in [1.165, 1.54) is 43.5 Å². The summed E-state index contributed by atoms with van der Waals surface area (Å²) in [7, 11) is 1.31. The molecule has 0 saturated carbocycles. The maximum atomic E-state index is 14.5. The number of hydrogen-bond acceptors (Lipinski definition) is 5. The lowest BCUT2D eigenvalue weighted by atomic mass is 10.1. The van der Waals surface area contributed by atoms with E-state index in [-0.39, 0.29) is 17.4 Å². The van der Waals surface area contributed by atoms with E-state index in [0.29, 0.717) is 15.6 Å². The second-order valence-electron chi connectivity index (χ2n) is 5.86. The highest BCUT2D eigenvalue weighted by Gasteiger charge is 2.26. The van der Waals surface area contributed by atoms with Crippen LogP contribution in [0.15, 0.2) is 54.7 Å². The molecule has 0 saturated heterocycles. The number of halogens is 3. The molecule has 9 heteroatoms. The fourth-order valence-corrected chi connectivity index (χ4v) is 2.74. The Morgan fingerprint density at radius 1 is 1.00 bits per heavy atom. The van der Waals surface area contributed by atoms with E-state index in [1.807, 2.05) is 0 Å². The Balaban J connectivity index is 2.01. The van der Waals surface area contributed by atoms with Crippen LogP contribution in [-0.2, 0) is 0 Å². The number of nitrogens with zero attached hydrogens (tertiary/aromatic N) is 3. The summed E-state index contributed by atoms with van der Waals surface area (Å²) in [5.74, 6) is -2.32. The molecule has 1 amide bonds. The zero-order chi connectivity index (χ0) is 21.0. The molecule has 1 heterocycles. The van der Waals surface area contributed by atoms with Crippen molar-refractivity contribution in [2.24, 2.45) is 0 Å². The Bertz CT molecular complexity index is 1040. The lowest BCUT2D eigenvalue weighted by Gasteiger charge is -2.22. The first kappa shape index (κ1) is 20.7. The van der Waals surface area contributed by atoms with Gasteiger partial charge in [-0.3, -0.25) is 14.5 Å². The number of carbonyl (C=O) groups excluding carboxylic acids is 2. The highest BCUT2D eigenvalue weighted by molar-refractivity contribution is 6.31. The molecule has 0 bridgehead atoms. The number of rotatable bonds is 6. The van der Waals surface area contributed by atoms with Gasteiger partial charge in [0.1, 0.15) is 0 Å². The zero-order valence-electron chi connectivity index (χ0n) is 15.1. The van der Waals surface area contributed by atoms with Crippen LogP contribution in [-0.4, -0.2) is 35.3 Å². The number of Topliss-reactive ketones (excluding diaryl/α,β-unsaturated/α-hetero) is 1. The summed E-state index contributed by atoms with van der Waals surface area (Å²) in [5.41, 5.74) is 0.514. The topological polar surface area (TPSA) is 72.4 Å². The van der Waals surface area contributed by atoms with Gasteiger partial charge in [0.15, 0.2) is 17.4 Å². The van der Waals surface area contributed by atoms with Crippen molar-refractivity contribution in [2.75, 3.05) is 18.6 Å². The normalized spacial score (nSPS) is 10.5. The lowest BCUT2D eigenvalue weighted by Crippen LogP contribution is -2.37. The number of aromatic nitrogens is 2. The second-order valence-corrected chi connectivity index (χ2v) is 6.73. The van der Waals surface area contributed by atoms with Crippen LogP contribution in [0.25, 0.3) is 0 Å². The standard InChI is InChI=1S/C20H14Cl2FN3O3/c1-29-20-24-10-16(23)18(25-20)26(19(28)13-4-8-15(22)9-5-13)11-17(27)12-2-6-14(21)7-3-12/h2-10H,11H2,1H3. The Kier molecular flexibility index (Phi) is 6.41. The third kappa shape index (κ3) is 4.88. The molecule has 0 unspecified atom stereocenters. The maximum Gasteiger partial charge on any atom is 0.318 e. The van der Waals surface area contributed by atoms with E-state index in [2.05, 4.69) is 9.97 Å². The zero-order valence-corrected chi connectivity index (χ0v) is 16.6. The largest absolute Gasteiger partial charge is 0.467 e. The van der Waals surface area contributed by atoms with Gasteiger partial charge < -0.3 is 4.74 Å². The third-order valence-electron chi connectivity index (χ3n) is 3.95. The summed E-state index contributed by atoms with van der Waals surface area (Å²) in [5, 5.41) is 0.891. The molecule has 0 radical (unpaired) electrons. The molecule has 0 aliphatic rings. The van der Waals surface area contributed by atoms with Crippen molar-refractivity contribution in [3.63, 3.8) is 0 Å².